The largest absolute Gasteiger partial charge is 0.318 e. The topological polar surface area (TPSA) is 119 Å². The van der Waals surface area contributed by atoms with Crippen LogP contribution in [0.25, 0.3) is 0 Å². The zero-order chi connectivity index (χ0) is 14.0. The Kier molecular flexibility index (Phi) is 3.43. The van der Waals surface area contributed by atoms with Gasteiger partial charge in [-0.15, -0.1) is 0 Å². The number of imide groups is 1. The van der Waals surface area contributed by atoms with Crippen molar-refractivity contribution >= 4 is 23.2 Å². The molecule has 0 atom stereocenters. The third-order valence-electron chi connectivity index (χ3n) is 2.91. The molecule has 0 saturated carbocycles. The van der Waals surface area contributed by atoms with E-state index < -0.39 is 4.92 Å². The van der Waals surface area contributed by atoms with E-state index in [-0.39, 0.29) is 42.6 Å². The Labute approximate surface area is 108 Å². The van der Waals surface area contributed by atoms with Gasteiger partial charge in [-0.25, -0.2) is 0 Å². The number of nitrogens with zero attached hydrogens (tertiary/aromatic N) is 2. The number of nitro groups is 1. The lowest BCUT2D eigenvalue weighted by molar-refractivity contribution is -0.384. The number of nitrogen functional groups attached to an aromatic ring is 1. The molecule has 1 fully saturated rings. The monoisotopic (exact) mass is 264 g/mol. The van der Waals surface area contributed by atoms with Crippen molar-refractivity contribution in [3.05, 3.63) is 33.9 Å². The predicted octanol–water partition coefficient (Wildman–Crippen LogP) is 0.529. The van der Waals surface area contributed by atoms with Gasteiger partial charge in [0.15, 0.2) is 0 Å². The molecule has 1 saturated heterocycles. The summed E-state index contributed by atoms with van der Waals surface area (Å²) in [6, 6.07) is 4.24. The molecule has 1 aliphatic heterocycles. The molecule has 1 heterocycles. The summed E-state index contributed by atoms with van der Waals surface area (Å²) in [5.41, 5.74) is 2.81. The van der Waals surface area contributed by atoms with Crippen LogP contribution >= 0.6 is 0 Å². The fourth-order valence-electron chi connectivity index (χ4n) is 1.94. The summed E-state index contributed by atoms with van der Waals surface area (Å²) in [5.74, 6) is 4.76. The van der Waals surface area contributed by atoms with Crippen LogP contribution in [0.4, 0.5) is 11.4 Å². The number of hydrogen-bond donors (Lipinski definition) is 2. The number of hydrazine groups is 1. The van der Waals surface area contributed by atoms with Crippen LogP contribution in [0.1, 0.15) is 18.4 Å². The van der Waals surface area contributed by atoms with Crippen molar-refractivity contribution in [3.63, 3.8) is 0 Å². The second kappa shape index (κ2) is 5.02. The summed E-state index contributed by atoms with van der Waals surface area (Å²) >= 11 is 0. The number of nitrogens with one attached hydrogen (secondary N) is 1. The lowest BCUT2D eigenvalue weighted by atomic mass is 10.1. The molecule has 0 unspecified atom stereocenters. The fraction of sp³-hybridized carbons (Fsp3) is 0.273. The zero-order valence-electron chi connectivity index (χ0n) is 9.96. The normalized spacial score (nSPS) is 14.9. The van der Waals surface area contributed by atoms with Crippen molar-refractivity contribution < 1.29 is 14.5 Å². The number of nitrogens with two attached hydrogens (primary N) is 1. The van der Waals surface area contributed by atoms with Crippen LogP contribution < -0.4 is 11.3 Å². The van der Waals surface area contributed by atoms with Crippen LogP contribution in [-0.2, 0) is 16.1 Å². The predicted molar refractivity (Wildman–Crippen MR) is 65.7 cm³/mol. The third-order valence-corrected chi connectivity index (χ3v) is 2.91. The molecule has 2 rings (SSSR count). The molecule has 0 aromatic heterocycles. The first-order valence-corrected chi connectivity index (χ1v) is 5.60. The average Bonchev–Trinajstić information content (AvgIpc) is 2.70. The van der Waals surface area contributed by atoms with E-state index in [1.807, 2.05) is 0 Å². The van der Waals surface area contributed by atoms with Gasteiger partial charge in [-0.1, -0.05) is 6.07 Å². The Morgan fingerprint density at radius 3 is 2.47 bits per heavy atom. The zero-order valence-corrected chi connectivity index (χ0v) is 9.96. The van der Waals surface area contributed by atoms with Gasteiger partial charge in [0.1, 0.15) is 5.69 Å². The van der Waals surface area contributed by atoms with Gasteiger partial charge in [-0.3, -0.25) is 30.4 Å². The van der Waals surface area contributed by atoms with Gasteiger partial charge in [-0.05, 0) is 11.6 Å². The van der Waals surface area contributed by atoms with Crippen molar-refractivity contribution in [3.8, 4) is 0 Å². The Morgan fingerprint density at radius 2 is 1.95 bits per heavy atom. The van der Waals surface area contributed by atoms with Gasteiger partial charge >= 0.3 is 0 Å². The SMILES string of the molecule is NNc1cc(CN2C(=O)CCC2=O)ccc1[N+](=O)[O-]. The number of carbonyl (C=O) groups excluding carboxylic acids is 2. The number of nitro benzene ring substituents is 1. The number of rotatable bonds is 4. The first-order chi connectivity index (χ1) is 9.02. The maximum Gasteiger partial charge on any atom is 0.293 e. The van der Waals surface area contributed by atoms with E-state index in [2.05, 4.69) is 5.43 Å². The summed E-state index contributed by atoms with van der Waals surface area (Å²) in [6.07, 6.45) is 0.432. The van der Waals surface area contributed by atoms with E-state index >= 15 is 0 Å². The number of hydrogen-bond acceptors (Lipinski definition) is 6. The molecule has 19 heavy (non-hydrogen) atoms. The smallest absolute Gasteiger partial charge is 0.293 e. The van der Waals surface area contributed by atoms with E-state index in [0.29, 0.717) is 5.56 Å². The van der Waals surface area contributed by atoms with E-state index in [9.17, 15) is 19.7 Å². The molecule has 8 heteroatoms. The third kappa shape index (κ3) is 2.52. The molecule has 0 aliphatic carbocycles. The van der Waals surface area contributed by atoms with E-state index in [4.69, 9.17) is 5.84 Å². The lowest BCUT2D eigenvalue weighted by Gasteiger charge is -2.14. The highest BCUT2D eigenvalue weighted by molar-refractivity contribution is 6.01. The van der Waals surface area contributed by atoms with Crippen LogP contribution in [0.2, 0.25) is 0 Å². The summed E-state index contributed by atoms with van der Waals surface area (Å²) in [5, 5.41) is 10.7. The van der Waals surface area contributed by atoms with Gasteiger partial charge in [0.25, 0.3) is 5.69 Å². The summed E-state index contributed by atoms with van der Waals surface area (Å²) in [6.45, 7) is 0.102. The van der Waals surface area contributed by atoms with Crippen molar-refractivity contribution in [1.82, 2.24) is 4.90 Å². The Bertz CT molecular complexity index is 542. The van der Waals surface area contributed by atoms with Crippen LogP contribution in [0, 0.1) is 10.1 Å². The van der Waals surface area contributed by atoms with Crippen molar-refractivity contribution in [2.75, 3.05) is 5.43 Å². The first kappa shape index (κ1) is 13.0. The maximum atomic E-state index is 11.5. The molecule has 0 spiro atoms. The first-order valence-electron chi connectivity index (χ1n) is 5.60. The highest BCUT2D eigenvalue weighted by Gasteiger charge is 2.29. The molecule has 100 valence electrons. The standard InChI is InChI=1S/C11H12N4O4/c12-13-8-5-7(1-2-9(8)15(18)19)6-14-10(16)3-4-11(14)17/h1-2,5,13H,3-4,6,12H2. The fourth-order valence-corrected chi connectivity index (χ4v) is 1.94. The van der Waals surface area contributed by atoms with Gasteiger partial charge in [0, 0.05) is 18.9 Å². The quantitative estimate of drug-likeness (QED) is 0.354. The molecule has 0 radical (unpaired) electrons. The molecule has 3 N–H and O–H groups in total. The highest BCUT2D eigenvalue weighted by Crippen LogP contribution is 2.26. The van der Waals surface area contributed by atoms with E-state index in [1.54, 1.807) is 0 Å². The van der Waals surface area contributed by atoms with Crippen molar-refractivity contribution in [2.45, 2.75) is 19.4 Å². The molecule has 8 nitrogen and oxygen atoms in total. The van der Waals surface area contributed by atoms with E-state index in [0.717, 1.165) is 4.90 Å². The molecule has 1 aromatic rings. The van der Waals surface area contributed by atoms with Gasteiger partial charge in [0.2, 0.25) is 11.8 Å². The van der Waals surface area contributed by atoms with E-state index in [1.165, 1.54) is 18.2 Å². The minimum atomic E-state index is -0.564. The van der Waals surface area contributed by atoms with Crippen molar-refractivity contribution in [2.24, 2.45) is 5.84 Å². The van der Waals surface area contributed by atoms with Crippen LogP contribution in [0.5, 0.6) is 0 Å². The molecule has 2 amide bonds. The van der Waals surface area contributed by atoms with Crippen LogP contribution in [-0.4, -0.2) is 21.6 Å². The average molecular weight is 264 g/mol. The van der Waals surface area contributed by atoms with Gasteiger partial charge < -0.3 is 5.43 Å². The molecule has 1 aliphatic rings. The Hall–Kier alpha value is -2.48. The number of likely N-dealkylation sites (tertiary alicyclic amines) is 1. The molecular weight excluding hydrogens is 252 g/mol. The molecular formula is C11H12N4O4. The lowest BCUT2D eigenvalue weighted by Crippen LogP contribution is -2.28. The minimum absolute atomic E-state index is 0.102. The summed E-state index contributed by atoms with van der Waals surface area (Å²) in [7, 11) is 0. The van der Waals surface area contributed by atoms with Crippen LogP contribution in [0.3, 0.4) is 0 Å². The Morgan fingerprint density at radius 1 is 1.32 bits per heavy atom. The van der Waals surface area contributed by atoms with Gasteiger partial charge in [0.05, 0.1) is 11.5 Å². The maximum absolute atomic E-state index is 11.5. The molecule has 1 aromatic carbocycles. The number of benzene rings is 1. The van der Waals surface area contributed by atoms with Crippen molar-refractivity contribution in [1.29, 1.82) is 0 Å². The second-order valence-electron chi connectivity index (χ2n) is 4.13. The number of amides is 2. The molecule has 0 bridgehead atoms. The summed E-state index contributed by atoms with van der Waals surface area (Å²) in [4.78, 5) is 34.3. The summed E-state index contributed by atoms with van der Waals surface area (Å²) < 4.78 is 0. The highest BCUT2D eigenvalue weighted by atomic mass is 16.6. The number of anilines is 1. The Balaban J connectivity index is 2.24. The second-order valence-corrected chi connectivity index (χ2v) is 4.13. The minimum Gasteiger partial charge on any atom is -0.318 e. The van der Waals surface area contributed by atoms with Crippen LogP contribution in [0.15, 0.2) is 18.2 Å². The number of carbonyl (C=O) groups is 2. The van der Waals surface area contributed by atoms with Gasteiger partial charge in [-0.2, -0.15) is 0 Å².